The van der Waals surface area contributed by atoms with Gasteiger partial charge in [-0.2, -0.15) is 0 Å². The molecule has 0 saturated carbocycles. The number of nitrogens with zero attached hydrogens (tertiary/aromatic N) is 3. The van der Waals surface area contributed by atoms with E-state index in [1.54, 1.807) is 23.3 Å². The van der Waals surface area contributed by atoms with Gasteiger partial charge in [0.25, 0.3) is 0 Å². The van der Waals surface area contributed by atoms with Crippen molar-refractivity contribution >= 4 is 6.09 Å². The zero-order chi connectivity index (χ0) is 14.6. The van der Waals surface area contributed by atoms with Crippen LogP contribution in [0, 0.1) is 0 Å². The van der Waals surface area contributed by atoms with Crippen molar-refractivity contribution in [2.24, 2.45) is 0 Å². The Morgan fingerprint density at radius 1 is 1.40 bits per heavy atom. The normalized spacial score (nSPS) is 11.2. The molecule has 0 atom stereocenters. The van der Waals surface area contributed by atoms with E-state index in [1.807, 2.05) is 39.1 Å². The second-order valence-corrected chi connectivity index (χ2v) is 5.35. The number of hydrogen-bond donors (Lipinski definition) is 1. The number of carbonyl (C=O) groups is 1. The minimum absolute atomic E-state index is 0.388. The van der Waals surface area contributed by atoms with Crippen LogP contribution in [-0.2, 0) is 11.3 Å². The maximum atomic E-state index is 11.6. The molecule has 2 rings (SSSR count). The van der Waals surface area contributed by atoms with Crippen LogP contribution in [0.3, 0.4) is 0 Å². The van der Waals surface area contributed by atoms with Crippen molar-refractivity contribution in [3.63, 3.8) is 0 Å². The van der Waals surface area contributed by atoms with Crippen molar-refractivity contribution in [1.29, 1.82) is 0 Å². The van der Waals surface area contributed by atoms with Crippen LogP contribution in [-0.4, -0.2) is 26.2 Å². The summed E-state index contributed by atoms with van der Waals surface area (Å²) >= 11 is 0. The average molecular weight is 274 g/mol. The summed E-state index contributed by atoms with van der Waals surface area (Å²) in [4.78, 5) is 19.8. The number of amides is 1. The number of imidazole rings is 1. The van der Waals surface area contributed by atoms with Gasteiger partial charge < -0.3 is 10.1 Å². The van der Waals surface area contributed by atoms with Crippen molar-refractivity contribution in [3.05, 3.63) is 42.6 Å². The highest BCUT2D eigenvalue weighted by molar-refractivity contribution is 5.67. The van der Waals surface area contributed by atoms with Gasteiger partial charge in [-0.25, -0.2) is 14.8 Å². The summed E-state index contributed by atoms with van der Waals surface area (Å²) in [6.07, 6.45) is 6.44. The summed E-state index contributed by atoms with van der Waals surface area (Å²) < 4.78 is 6.98. The molecule has 0 unspecified atom stereocenters. The van der Waals surface area contributed by atoms with Crippen molar-refractivity contribution in [3.8, 4) is 5.82 Å². The summed E-state index contributed by atoms with van der Waals surface area (Å²) in [6.45, 7) is 5.88. The van der Waals surface area contributed by atoms with Crippen LogP contribution in [0.2, 0.25) is 0 Å². The molecular formula is C14H18N4O2. The van der Waals surface area contributed by atoms with Crippen LogP contribution in [0.15, 0.2) is 37.1 Å². The lowest BCUT2D eigenvalue weighted by atomic mass is 10.2. The van der Waals surface area contributed by atoms with Crippen LogP contribution in [0.1, 0.15) is 26.3 Å². The van der Waals surface area contributed by atoms with Crippen LogP contribution < -0.4 is 5.32 Å². The lowest BCUT2D eigenvalue weighted by Gasteiger charge is -2.19. The quantitative estimate of drug-likeness (QED) is 0.932. The van der Waals surface area contributed by atoms with Crippen LogP contribution >= 0.6 is 0 Å². The van der Waals surface area contributed by atoms with Crippen molar-refractivity contribution in [2.45, 2.75) is 32.9 Å². The highest BCUT2D eigenvalue weighted by atomic mass is 16.6. The first-order valence-electron chi connectivity index (χ1n) is 6.34. The first-order valence-corrected chi connectivity index (χ1v) is 6.34. The molecule has 6 nitrogen and oxygen atoms in total. The molecule has 1 amide bonds. The lowest BCUT2D eigenvalue weighted by molar-refractivity contribution is 0.0523. The fourth-order valence-corrected chi connectivity index (χ4v) is 1.59. The van der Waals surface area contributed by atoms with Gasteiger partial charge in [0, 0.05) is 25.1 Å². The molecule has 0 spiro atoms. The molecule has 2 aromatic heterocycles. The van der Waals surface area contributed by atoms with Gasteiger partial charge in [-0.1, -0.05) is 0 Å². The summed E-state index contributed by atoms with van der Waals surface area (Å²) in [7, 11) is 0. The third kappa shape index (κ3) is 4.08. The maximum Gasteiger partial charge on any atom is 0.407 e. The molecule has 1 N–H and O–H groups in total. The topological polar surface area (TPSA) is 69.0 Å². The van der Waals surface area contributed by atoms with E-state index in [2.05, 4.69) is 15.3 Å². The molecule has 6 heteroatoms. The first-order chi connectivity index (χ1) is 9.44. The fraction of sp³-hybridized carbons (Fsp3) is 0.357. The molecule has 2 heterocycles. The molecule has 0 aliphatic heterocycles. The Balaban J connectivity index is 1.97. The molecule has 2 aromatic rings. The third-order valence-corrected chi connectivity index (χ3v) is 2.41. The SMILES string of the molecule is CC(C)(C)OC(=O)NCc1ccnc(-n2ccnc2)c1. The third-order valence-electron chi connectivity index (χ3n) is 2.41. The number of carbonyl (C=O) groups excluding carboxylic acids is 1. The summed E-state index contributed by atoms with van der Waals surface area (Å²) in [5.74, 6) is 0.756. The molecule has 0 aliphatic carbocycles. The fourth-order valence-electron chi connectivity index (χ4n) is 1.59. The molecule has 0 radical (unpaired) electrons. The van der Waals surface area contributed by atoms with E-state index in [1.165, 1.54) is 0 Å². The highest BCUT2D eigenvalue weighted by Gasteiger charge is 2.15. The van der Waals surface area contributed by atoms with E-state index in [0.29, 0.717) is 6.54 Å². The number of hydrogen-bond acceptors (Lipinski definition) is 4. The Kier molecular flexibility index (Phi) is 4.02. The summed E-state index contributed by atoms with van der Waals surface area (Å²) in [6, 6.07) is 3.73. The van der Waals surface area contributed by atoms with Crippen molar-refractivity contribution in [1.82, 2.24) is 19.9 Å². The minimum Gasteiger partial charge on any atom is -0.444 e. The minimum atomic E-state index is -0.496. The Labute approximate surface area is 117 Å². The van der Waals surface area contributed by atoms with E-state index < -0.39 is 11.7 Å². The molecule has 0 bridgehead atoms. The van der Waals surface area contributed by atoms with Crippen molar-refractivity contribution in [2.75, 3.05) is 0 Å². The molecule has 20 heavy (non-hydrogen) atoms. The van der Waals surface area contributed by atoms with E-state index in [-0.39, 0.29) is 0 Å². The molecule has 106 valence electrons. The first kappa shape index (κ1) is 14.0. The Morgan fingerprint density at radius 3 is 2.85 bits per heavy atom. The molecule has 0 saturated heterocycles. The Morgan fingerprint density at radius 2 is 2.20 bits per heavy atom. The van der Waals surface area contributed by atoms with Crippen LogP contribution in [0.5, 0.6) is 0 Å². The van der Waals surface area contributed by atoms with E-state index >= 15 is 0 Å². The summed E-state index contributed by atoms with van der Waals surface area (Å²) in [5.41, 5.74) is 0.444. The van der Waals surface area contributed by atoms with E-state index in [9.17, 15) is 4.79 Å². The second-order valence-electron chi connectivity index (χ2n) is 5.35. The van der Waals surface area contributed by atoms with Crippen molar-refractivity contribution < 1.29 is 9.53 Å². The van der Waals surface area contributed by atoms with Gasteiger partial charge in [-0.05, 0) is 38.5 Å². The highest BCUT2D eigenvalue weighted by Crippen LogP contribution is 2.09. The van der Waals surface area contributed by atoms with Gasteiger partial charge in [0.15, 0.2) is 0 Å². The largest absolute Gasteiger partial charge is 0.444 e. The predicted molar refractivity (Wildman–Crippen MR) is 74.4 cm³/mol. The number of ether oxygens (including phenoxy) is 1. The second kappa shape index (κ2) is 5.73. The smallest absolute Gasteiger partial charge is 0.407 e. The average Bonchev–Trinajstić information content (AvgIpc) is 2.88. The number of aromatic nitrogens is 3. The molecule has 0 aliphatic rings. The van der Waals surface area contributed by atoms with Gasteiger partial charge in [0.2, 0.25) is 0 Å². The van der Waals surface area contributed by atoms with Crippen LogP contribution in [0.4, 0.5) is 4.79 Å². The van der Waals surface area contributed by atoms with Gasteiger partial charge in [-0.15, -0.1) is 0 Å². The Bertz CT molecular complexity index is 573. The monoisotopic (exact) mass is 274 g/mol. The van der Waals surface area contributed by atoms with Gasteiger partial charge >= 0.3 is 6.09 Å². The maximum absolute atomic E-state index is 11.6. The number of rotatable bonds is 3. The number of nitrogens with one attached hydrogen (secondary N) is 1. The Hall–Kier alpha value is -2.37. The number of alkyl carbamates (subject to hydrolysis) is 1. The molecular weight excluding hydrogens is 256 g/mol. The molecule has 0 fully saturated rings. The molecule has 0 aromatic carbocycles. The lowest BCUT2D eigenvalue weighted by Crippen LogP contribution is -2.32. The van der Waals surface area contributed by atoms with E-state index in [0.717, 1.165) is 11.4 Å². The van der Waals surface area contributed by atoms with E-state index in [4.69, 9.17) is 4.74 Å². The van der Waals surface area contributed by atoms with Crippen LogP contribution in [0.25, 0.3) is 5.82 Å². The zero-order valence-electron chi connectivity index (χ0n) is 11.8. The standard InChI is InChI=1S/C14H18N4O2/c1-14(2,3)20-13(19)17-9-11-4-5-16-12(8-11)18-7-6-15-10-18/h4-8,10H,9H2,1-3H3,(H,17,19). The van der Waals surface area contributed by atoms with Gasteiger partial charge in [0.05, 0.1) is 0 Å². The van der Waals surface area contributed by atoms with Gasteiger partial charge in [-0.3, -0.25) is 4.57 Å². The number of pyridine rings is 1. The van der Waals surface area contributed by atoms with Gasteiger partial charge in [0.1, 0.15) is 17.7 Å². The predicted octanol–water partition coefficient (Wildman–Crippen LogP) is 2.29. The zero-order valence-corrected chi connectivity index (χ0v) is 11.8. The summed E-state index contributed by atoms with van der Waals surface area (Å²) in [5, 5.41) is 2.71.